The van der Waals surface area contributed by atoms with Crippen molar-refractivity contribution in [1.29, 1.82) is 0 Å². The Hall–Kier alpha value is -0.800. The fourth-order valence-corrected chi connectivity index (χ4v) is 1.94. The normalized spacial score (nSPS) is 22.9. The van der Waals surface area contributed by atoms with E-state index in [4.69, 9.17) is 23.2 Å². The topological polar surface area (TPSA) is 42.0 Å². The quantitative estimate of drug-likeness (QED) is 0.848. The third-order valence-electron chi connectivity index (χ3n) is 2.87. The van der Waals surface area contributed by atoms with Gasteiger partial charge in [-0.15, -0.1) is 0 Å². The second-order valence-electron chi connectivity index (χ2n) is 4.17. The highest BCUT2D eigenvalue weighted by atomic mass is 35.5. The van der Waals surface area contributed by atoms with E-state index in [2.05, 4.69) is 17.2 Å². The second-order valence-corrected chi connectivity index (χ2v) is 4.96. The zero-order valence-electron chi connectivity index (χ0n) is 8.84. The van der Waals surface area contributed by atoms with Gasteiger partial charge in [0.2, 0.25) is 0 Å². The number of halogens is 2. The second kappa shape index (κ2) is 4.60. The molecule has 5 heteroatoms. The molecule has 1 N–H and O–H groups in total. The van der Waals surface area contributed by atoms with Gasteiger partial charge < -0.3 is 5.32 Å². The van der Waals surface area contributed by atoms with Crippen LogP contribution in [0, 0.1) is 11.8 Å². The molecule has 2 rings (SSSR count). The number of carbonyl (C=O) groups excluding carboxylic acids is 1. The summed E-state index contributed by atoms with van der Waals surface area (Å²) >= 11 is 11.6. The van der Waals surface area contributed by atoms with E-state index in [0.29, 0.717) is 23.0 Å². The van der Waals surface area contributed by atoms with E-state index < -0.39 is 0 Å². The predicted molar refractivity (Wildman–Crippen MR) is 63.9 cm³/mol. The molecule has 0 aromatic carbocycles. The van der Waals surface area contributed by atoms with Crippen molar-refractivity contribution < 1.29 is 4.79 Å². The Morgan fingerprint density at radius 3 is 2.94 bits per heavy atom. The number of nitrogens with zero attached hydrogens (tertiary/aromatic N) is 1. The number of carbonyl (C=O) groups is 1. The summed E-state index contributed by atoms with van der Waals surface area (Å²) in [5.41, 5.74) is 0.384. The molecule has 1 aromatic rings. The average molecular weight is 259 g/mol. The Labute approximate surface area is 104 Å². The van der Waals surface area contributed by atoms with Gasteiger partial charge >= 0.3 is 0 Å². The molecule has 2 atom stereocenters. The van der Waals surface area contributed by atoms with Gasteiger partial charge in [-0.1, -0.05) is 30.1 Å². The lowest BCUT2D eigenvalue weighted by Crippen LogP contribution is -2.26. The molecule has 0 spiro atoms. The first-order chi connectivity index (χ1) is 7.58. The zero-order chi connectivity index (χ0) is 11.7. The molecule has 1 aromatic heterocycles. The molecule has 1 aliphatic rings. The van der Waals surface area contributed by atoms with Crippen LogP contribution >= 0.6 is 23.2 Å². The summed E-state index contributed by atoms with van der Waals surface area (Å²) in [7, 11) is 0. The molecular weight excluding hydrogens is 247 g/mol. The molecule has 1 heterocycles. The molecule has 1 aliphatic carbocycles. The van der Waals surface area contributed by atoms with Gasteiger partial charge in [0.1, 0.15) is 5.15 Å². The summed E-state index contributed by atoms with van der Waals surface area (Å²) in [6.07, 6.45) is 2.57. The molecule has 0 radical (unpaired) electrons. The number of pyridine rings is 1. The van der Waals surface area contributed by atoms with Crippen LogP contribution in [0.3, 0.4) is 0 Å². The predicted octanol–water partition coefficient (Wildman–Crippen LogP) is 2.77. The van der Waals surface area contributed by atoms with Crippen LogP contribution < -0.4 is 5.32 Å². The van der Waals surface area contributed by atoms with Crippen molar-refractivity contribution in [3.05, 3.63) is 28.0 Å². The molecule has 1 amide bonds. The lowest BCUT2D eigenvalue weighted by Gasteiger charge is -2.06. The van der Waals surface area contributed by atoms with Crippen molar-refractivity contribution in [2.75, 3.05) is 6.54 Å². The van der Waals surface area contributed by atoms with E-state index in [-0.39, 0.29) is 11.1 Å². The zero-order valence-corrected chi connectivity index (χ0v) is 10.3. The summed E-state index contributed by atoms with van der Waals surface area (Å²) in [4.78, 5) is 15.6. The van der Waals surface area contributed by atoms with Crippen LogP contribution in [-0.2, 0) is 0 Å². The molecule has 1 fully saturated rings. The van der Waals surface area contributed by atoms with Crippen LogP contribution in [0.15, 0.2) is 12.3 Å². The minimum Gasteiger partial charge on any atom is -0.352 e. The first kappa shape index (κ1) is 11.7. The Kier molecular flexibility index (Phi) is 3.36. The summed E-state index contributed by atoms with van der Waals surface area (Å²) < 4.78 is 0. The number of nitrogens with one attached hydrogen (secondary N) is 1. The average Bonchev–Trinajstić information content (AvgIpc) is 2.95. The van der Waals surface area contributed by atoms with E-state index in [1.165, 1.54) is 18.7 Å². The van der Waals surface area contributed by atoms with Crippen LogP contribution in [-0.4, -0.2) is 17.4 Å². The maximum absolute atomic E-state index is 11.8. The number of aromatic nitrogens is 1. The number of hydrogen-bond acceptors (Lipinski definition) is 2. The van der Waals surface area contributed by atoms with E-state index >= 15 is 0 Å². The van der Waals surface area contributed by atoms with Crippen molar-refractivity contribution in [3.8, 4) is 0 Å². The number of rotatable bonds is 3. The van der Waals surface area contributed by atoms with Gasteiger partial charge in [0.25, 0.3) is 5.91 Å². The molecule has 3 nitrogen and oxygen atoms in total. The minimum atomic E-state index is -0.187. The van der Waals surface area contributed by atoms with Gasteiger partial charge in [-0.05, 0) is 24.3 Å². The molecule has 0 aliphatic heterocycles. The first-order valence-electron chi connectivity index (χ1n) is 5.17. The summed E-state index contributed by atoms with van der Waals surface area (Å²) in [5, 5.41) is 3.45. The Morgan fingerprint density at radius 1 is 1.62 bits per heavy atom. The molecule has 86 valence electrons. The van der Waals surface area contributed by atoms with Gasteiger partial charge in [-0.3, -0.25) is 4.79 Å². The van der Waals surface area contributed by atoms with Gasteiger partial charge in [0.05, 0.1) is 10.6 Å². The monoisotopic (exact) mass is 258 g/mol. The van der Waals surface area contributed by atoms with E-state index in [9.17, 15) is 4.79 Å². The Morgan fingerprint density at radius 2 is 2.31 bits per heavy atom. The first-order valence-corrected chi connectivity index (χ1v) is 5.92. The third-order valence-corrected chi connectivity index (χ3v) is 3.38. The molecule has 16 heavy (non-hydrogen) atoms. The Bertz CT molecular complexity index is 422. The van der Waals surface area contributed by atoms with E-state index in [1.807, 2.05) is 0 Å². The minimum absolute atomic E-state index is 0.187. The SMILES string of the molecule is CC1CC1CNC(=O)c1cc(Cl)ncc1Cl. The number of amides is 1. The van der Waals surface area contributed by atoms with Crippen molar-refractivity contribution >= 4 is 29.1 Å². The van der Waals surface area contributed by atoms with Crippen LogP contribution in [0.25, 0.3) is 0 Å². The summed E-state index contributed by atoms with van der Waals surface area (Å²) in [6.45, 7) is 2.88. The van der Waals surface area contributed by atoms with Gasteiger partial charge in [0.15, 0.2) is 0 Å². The van der Waals surface area contributed by atoms with Crippen LogP contribution in [0.1, 0.15) is 23.7 Å². The highest BCUT2D eigenvalue weighted by Crippen LogP contribution is 2.36. The maximum atomic E-state index is 11.8. The molecule has 0 bridgehead atoms. The fraction of sp³-hybridized carbons (Fsp3) is 0.455. The van der Waals surface area contributed by atoms with Crippen molar-refractivity contribution in [2.45, 2.75) is 13.3 Å². The largest absolute Gasteiger partial charge is 0.352 e. The summed E-state index contributed by atoms with van der Waals surface area (Å²) in [6, 6.07) is 1.48. The highest BCUT2D eigenvalue weighted by molar-refractivity contribution is 6.35. The van der Waals surface area contributed by atoms with E-state index in [0.717, 1.165) is 5.92 Å². The van der Waals surface area contributed by atoms with Crippen molar-refractivity contribution in [1.82, 2.24) is 10.3 Å². The van der Waals surface area contributed by atoms with Crippen molar-refractivity contribution in [2.24, 2.45) is 11.8 Å². The summed E-state index contributed by atoms with van der Waals surface area (Å²) in [5.74, 6) is 1.14. The van der Waals surface area contributed by atoms with Crippen molar-refractivity contribution in [3.63, 3.8) is 0 Å². The van der Waals surface area contributed by atoms with Crippen LogP contribution in [0.2, 0.25) is 10.2 Å². The molecule has 2 unspecified atom stereocenters. The Balaban J connectivity index is 1.99. The standard InChI is InChI=1S/C11H12Cl2N2O/c1-6-2-7(6)4-15-11(16)8-3-10(13)14-5-9(8)12/h3,5-7H,2,4H2,1H3,(H,15,16). The van der Waals surface area contributed by atoms with Gasteiger partial charge in [-0.2, -0.15) is 0 Å². The maximum Gasteiger partial charge on any atom is 0.252 e. The van der Waals surface area contributed by atoms with Crippen LogP contribution in [0.5, 0.6) is 0 Å². The van der Waals surface area contributed by atoms with Gasteiger partial charge in [0, 0.05) is 12.7 Å². The van der Waals surface area contributed by atoms with E-state index in [1.54, 1.807) is 0 Å². The highest BCUT2D eigenvalue weighted by Gasteiger charge is 2.32. The van der Waals surface area contributed by atoms with Crippen LogP contribution in [0.4, 0.5) is 0 Å². The smallest absolute Gasteiger partial charge is 0.252 e. The molecular formula is C11H12Cl2N2O. The third kappa shape index (κ3) is 2.66. The lowest BCUT2D eigenvalue weighted by atomic mass is 10.2. The molecule has 0 saturated heterocycles. The fourth-order valence-electron chi connectivity index (χ4n) is 1.59. The molecule has 1 saturated carbocycles. The lowest BCUT2D eigenvalue weighted by molar-refractivity contribution is 0.0951. The number of hydrogen-bond donors (Lipinski definition) is 1. The van der Waals surface area contributed by atoms with Gasteiger partial charge in [-0.25, -0.2) is 4.98 Å².